The number of hydrogen-bond acceptors (Lipinski definition) is 5. The third-order valence-electron chi connectivity index (χ3n) is 4.75. The highest BCUT2D eigenvalue weighted by Gasteiger charge is 2.24. The number of hydrazine groups is 1. The van der Waals surface area contributed by atoms with E-state index >= 15 is 0 Å². The summed E-state index contributed by atoms with van der Waals surface area (Å²) in [7, 11) is 0. The average Bonchev–Trinajstić information content (AvgIpc) is 2.80. The van der Waals surface area contributed by atoms with E-state index in [0.717, 1.165) is 0 Å². The minimum atomic E-state index is -0.448. The molecule has 0 aromatic heterocycles. The molecule has 3 aromatic rings. The predicted octanol–water partition coefficient (Wildman–Crippen LogP) is 6.63. The molecule has 0 saturated carbocycles. The number of thiol groups is 1. The van der Waals surface area contributed by atoms with Crippen LogP contribution in [0.25, 0.3) is 0 Å². The van der Waals surface area contributed by atoms with Crippen LogP contribution in [0.5, 0.6) is 0 Å². The van der Waals surface area contributed by atoms with E-state index < -0.39 is 5.91 Å². The van der Waals surface area contributed by atoms with Crippen LogP contribution in [0.1, 0.15) is 41.0 Å². The number of carbonyl (C=O) groups excluding carboxylic acids is 2. The van der Waals surface area contributed by atoms with E-state index in [4.69, 9.17) is 11.6 Å². The molecule has 8 heteroatoms. The van der Waals surface area contributed by atoms with Crippen LogP contribution in [0.2, 0.25) is 5.02 Å². The van der Waals surface area contributed by atoms with E-state index in [1.165, 1.54) is 11.1 Å². The molecule has 1 unspecified atom stereocenters. The molecule has 0 bridgehead atoms. The molecule has 3 rings (SSSR count). The van der Waals surface area contributed by atoms with Crippen molar-refractivity contribution >= 4 is 47.4 Å². The number of hydrogen-bond donors (Lipinski definition) is 2. The summed E-state index contributed by atoms with van der Waals surface area (Å²) in [6.45, 7) is 3.80. The molecule has 0 saturated heterocycles. The minimum Gasteiger partial charge on any atom is -0.267 e. The Labute approximate surface area is 197 Å². The number of rotatable bonds is 6. The van der Waals surface area contributed by atoms with Gasteiger partial charge in [-0.2, -0.15) is 10.2 Å². The number of nitrogens with one attached hydrogen (secondary N) is 1. The highest BCUT2D eigenvalue weighted by atomic mass is 35.5. The van der Waals surface area contributed by atoms with Crippen molar-refractivity contribution < 1.29 is 9.59 Å². The fraction of sp³-hybridized carbons (Fsp3) is 0.167. The molecule has 1 N–H and O–H groups in total. The first-order valence-electron chi connectivity index (χ1n) is 10.1. The Kier molecular flexibility index (Phi) is 8.03. The molecule has 0 radical (unpaired) electrons. The summed E-state index contributed by atoms with van der Waals surface area (Å²) in [4.78, 5) is 26.6. The van der Waals surface area contributed by atoms with Crippen LogP contribution in [0.3, 0.4) is 0 Å². The molecule has 0 aliphatic carbocycles. The molecule has 0 spiro atoms. The van der Waals surface area contributed by atoms with Crippen molar-refractivity contribution in [3.8, 4) is 0 Å². The maximum Gasteiger partial charge on any atom is 0.272 e. The van der Waals surface area contributed by atoms with Crippen molar-refractivity contribution in [2.75, 3.05) is 0 Å². The molecule has 0 fully saturated rings. The Hall–Kier alpha value is -3.16. The maximum absolute atomic E-state index is 13.3. The second-order valence-corrected chi connectivity index (χ2v) is 8.11. The van der Waals surface area contributed by atoms with Crippen LogP contribution in [-0.4, -0.2) is 22.9 Å². The molecule has 32 heavy (non-hydrogen) atoms. The fourth-order valence-corrected chi connectivity index (χ4v) is 3.46. The van der Waals surface area contributed by atoms with Gasteiger partial charge in [0, 0.05) is 21.0 Å². The van der Waals surface area contributed by atoms with Crippen molar-refractivity contribution in [3.63, 3.8) is 0 Å². The first kappa shape index (κ1) is 23.5. The van der Waals surface area contributed by atoms with Gasteiger partial charge in [0.15, 0.2) is 0 Å². The van der Waals surface area contributed by atoms with E-state index in [0.29, 0.717) is 38.8 Å². The van der Waals surface area contributed by atoms with Gasteiger partial charge >= 0.3 is 0 Å². The molecule has 1 atom stereocenters. The zero-order valence-corrected chi connectivity index (χ0v) is 19.3. The van der Waals surface area contributed by atoms with Gasteiger partial charge in [-0.05, 0) is 61.9 Å². The van der Waals surface area contributed by atoms with Gasteiger partial charge in [-0.1, -0.05) is 42.8 Å². The summed E-state index contributed by atoms with van der Waals surface area (Å²) in [5.74, 6) is -0.797. The SMILES string of the molecule is CCC(C)N(NC(=O)c1cc(S)cc(Cl)c1)C(=O)c1cccc(N=Nc2ccccc2)c1. The Morgan fingerprint density at radius 3 is 2.34 bits per heavy atom. The lowest BCUT2D eigenvalue weighted by Gasteiger charge is -2.29. The second-order valence-electron chi connectivity index (χ2n) is 7.16. The monoisotopic (exact) mass is 466 g/mol. The predicted molar refractivity (Wildman–Crippen MR) is 129 cm³/mol. The topological polar surface area (TPSA) is 74.1 Å². The number of carbonyl (C=O) groups is 2. The van der Waals surface area contributed by atoms with Crippen LogP contribution in [0, 0.1) is 0 Å². The van der Waals surface area contributed by atoms with Gasteiger partial charge in [-0.15, -0.1) is 12.6 Å². The molecule has 0 aliphatic rings. The van der Waals surface area contributed by atoms with Crippen molar-refractivity contribution in [2.24, 2.45) is 10.2 Å². The number of amides is 2. The zero-order chi connectivity index (χ0) is 23.1. The second kappa shape index (κ2) is 10.9. The maximum atomic E-state index is 13.3. The minimum absolute atomic E-state index is 0.240. The van der Waals surface area contributed by atoms with Crippen LogP contribution in [0.4, 0.5) is 11.4 Å². The summed E-state index contributed by atoms with van der Waals surface area (Å²) in [5.41, 5.74) is 4.65. The summed E-state index contributed by atoms with van der Waals surface area (Å²) in [6, 6.07) is 20.6. The molecule has 3 aromatic carbocycles. The van der Waals surface area contributed by atoms with Crippen molar-refractivity contribution in [1.82, 2.24) is 10.4 Å². The first-order chi connectivity index (χ1) is 15.4. The number of nitrogens with zero attached hydrogens (tertiary/aromatic N) is 3. The Balaban J connectivity index is 1.83. The smallest absolute Gasteiger partial charge is 0.267 e. The van der Waals surface area contributed by atoms with E-state index in [-0.39, 0.29) is 11.9 Å². The van der Waals surface area contributed by atoms with E-state index in [1.807, 2.05) is 44.2 Å². The standard InChI is InChI=1S/C24H23ClN4O2S/c1-3-16(2)29(28-23(30)18-12-19(25)15-22(32)14-18)24(31)17-8-7-11-21(13-17)27-26-20-9-5-4-6-10-20/h4-16,32H,3H2,1-2H3,(H,28,30). The Morgan fingerprint density at radius 1 is 0.969 bits per heavy atom. The molecule has 0 heterocycles. The zero-order valence-electron chi connectivity index (χ0n) is 17.7. The highest BCUT2D eigenvalue weighted by Crippen LogP contribution is 2.21. The van der Waals surface area contributed by atoms with E-state index in [2.05, 4.69) is 28.3 Å². The Morgan fingerprint density at radius 2 is 1.66 bits per heavy atom. The van der Waals surface area contributed by atoms with Crippen LogP contribution < -0.4 is 5.43 Å². The average molecular weight is 467 g/mol. The van der Waals surface area contributed by atoms with Gasteiger partial charge in [-0.3, -0.25) is 15.0 Å². The quantitative estimate of drug-likeness (QED) is 0.243. The van der Waals surface area contributed by atoms with Crippen molar-refractivity contribution in [1.29, 1.82) is 0 Å². The lowest BCUT2D eigenvalue weighted by Crippen LogP contribution is -2.50. The molecule has 164 valence electrons. The van der Waals surface area contributed by atoms with Gasteiger partial charge in [0.1, 0.15) is 0 Å². The third kappa shape index (κ3) is 6.18. The fourth-order valence-electron chi connectivity index (χ4n) is 2.87. The first-order valence-corrected chi connectivity index (χ1v) is 10.9. The summed E-state index contributed by atoms with van der Waals surface area (Å²) < 4.78 is 0. The van der Waals surface area contributed by atoms with Gasteiger partial charge in [0.25, 0.3) is 11.8 Å². The largest absolute Gasteiger partial charge is 0.272 e. The molecular formula is C24H23ClN4O2S. The summed E-state index contributed by atoms with van der Waals surface area (Å²) in [5, 5.41) is 10.1. The molecule has 2 amide bonds. The molecule has 0 aliphatic heterocycles. The van der Waals surface area contributed by atoms with Gasteiger partial charge in [-0.25, -0.2) is 5.01 Å². The number of benzene rings is 3. The number of halogens is 1. The lowest BCUT2D eigenvalue weighted by atomic mass is 10.1. The lowest BCUT2D eigenvalue weighted by molar-refractivity contribution is 0.0494. The van der Waals surface area contributed by atoms with Crippen LogP contribution in [-0.2, 0) is 0 Å². The van der Waals surface area contributed by atoms with Crippen LogP contribution in [0.15, 0.2) is 87.9 Å². The normalized spacial score (nSPS) is 11.9. The van der Waals surface area contributed by atoms with Gasteiger partial charge in [0.2, 0.25) is 0 Å². The van der Waals surface area contributed by atoms with Crippen LogP contribution >= 0.6 is 24.2 Å². The number of azo groups is 1. The summed E-state index contributed by atoms with van der Waals surface area (Å²) in [6.07, 6.45) is 0.646. The Bertz CT molecular complexity index is 1120. The molecule has 6 nitrogen and oxygen atoms in total. The van der Waals surface area contributed by atoms with E-state index in [1.54, 1.807) is 36.4 Å². The van der Waals surface area contributed by atoms with Crippen molar-refractivity contribution in [3.05, 3.63) is 88.9 Å². The summed E-state index contributed by atoms with van der Waals surface area (Å²) >= 11 is 10.3. The van der Waals surface area contributed by atoms with Gasteiger partial charge in [0.05, 0.1) is 17.4 Å². The molecular weight excluding hydrogens is 444 g/mol. The van der Waals surface area contributed by atoms with Gasteiger partial charge < -0.3 is 0 Å². The van der Waals surface area contributed by atoms with E-state index in [9.17, 15) is 9.59 Å². The highest BCUT2D eigenvalue weighted by molar-refractivity contribution is 7.80. The third-order valence-corrected chi connectivity index (χ3v) is 5.22. The van der Waals surface area contributed by atoms with Crippen molar-refractivity contribution in [2.45, 2.75) is 31.2 Å².